The van der Waals surface area contributed by atoms with Crippen molar-refractivity contribution in [2.24, 2.45) is 5.16 Å². The van der Waals surface area contributed by atoms with Gasteiger partial charge in [-0.3, -0.25) is 0 Å². The van der Waals surface area contributed by atoms with E-state index in [9.17, 15) is 0 Å². The van der Waals surface area contributed by atoms with E-state index in [1.54, 1.807) is 0 Å². The van der Waals surface area contributed by atoms with Gasteiger partial charge in [0, 0.05) is 17.8 Å². The molecule has 2 nitrogen and oxygen atoms in total. The van der Waals surface area contributed by atoms with E-state index < -0.39 is 5.60 Å². The van der Waals surface area contributed by atoms with Crippen LogP contribution in [0.4, 0.5) is 0 Å². The molecule has 17 heavy (non-hydrogen) atoms. The normalized spacial score (nSPS) is 10.9. The second-order valence-electron chi connectivity index (χ2n) is 3.99. The highest BCUT2D eigenvalue weighted by atomic mass is 16.6. The fraction of sp³-hybridized carbons (Fsp3) is 0.133. The van der Waals surface area contributed by atoms with Crippen LogP contribution in [-0.2, 0) is 10.4 Å². The molecule has 0 amide bonds. The molecule has 0 aliphatic heterocycles. The van der Waals surface area contributed by atoms with E-state index in [-0.39, 0.29) is 0 Å². The van der Waals surface area contributed by atoms with E-state index in [1.807, 2.05) is 67.6 Å². The van der Waals surface area contributed by atoms with Crippen molar-refractivity contribution >= 4 is 6.72 Å². The second kappa shape index (κ2) is 4.83. The predicted molar refractivity (Wildman–Crippen MR) is 70.0 cm³/mol. The number of benzene rings is 2. The molecule has 0 heterocycles. The van der Waals surface area contributed by atoms with Crippen LogP contribution in [-0.4, -0.2) is 6.72 Å². The minimum atomic E-state index is -0.593. The summed E-state index contributed by atoms with van der Waals surface area (Å²) in [7, 11) is 0. The lowest BCUT2D eigenvalue weighted by Crippen LogP contribution is -2.25. The van der Waals surface area contributed by atoms with Gasteiger partial charge in [0.25, 0.3) is 0 Å². The molecule has 2 heteroatoms. The molecule has 0 radical (unpaired) electrons. The van der Waals surface area contributed by atoms with Gasteiger partial charge < -0.3 is 4.84 Å². The Morgan fingerprint density at radius 1 is 0.882 bits per heavy atom. The molecule has 2 aromatic rings. The standard InChI is InChI=1S/C15H15NO/c1-15(17-16-2,13-9-5-3-6-10-13)14-11-7-4-8-12-14/h3-12H,2H2,1H3. The molecule has 0 aliphatic carbocycles. The summed E-state index contributed by atoms with van der Waals surface area (Å²) in [6.45, 7) is 5.42. The van der Waals surface area contributed by atoms with E-state index in [4.69, 9.17) is 4.84 Å². The van der Waals surface area contributed by atoms with Crippen molar-refractivity contribution in [2.75, 3.05) is 0 Å². The van der Waals surface area contributed by atoms with E-state index in [2.05, 4.69) is 11.9 Å². The third kappa shape index (κ3) is 2.21. The van der Waals surface area contributed by atoms with Crippen molar-refractivity contribution in [1.29, 1.82) is 0 Å². The molecule has 0 unspecified atom stereocenters. The zero-order valence-corrected chi connectivity index (χ0v) is 9.84. The second-order valence-corrected chi connectivity index (χ2v) is 3.99. The van der Waals surface area contributed by atoms with Gasteiger partial charge in [-0.2, -0.15) is 0 Å². The molecule has 0 saturated carbocycles. The number of oxime groups is 1. The lowest BCUT2D eigenvalue weighted by molar-refractivity contribution is 0.00141. The number of rotatable bonds is 4. The Morgan fingerprint density at radius 3 is 1.65 bits per heavy atom. The van der Waals surface area contributed by atoms with Crippen molar-refractivity contribution in [1.82, 2.24) is 0 Å². The monoisotopic (exact) mass is 225 g/mol. The van der Waals surface area contributed by atoms with Crippen molar-refractivity contribution < 1.29 is 4.84 Å². The van der Waals surface area contributed by atoms with Crippen LogP contribution < -0.4 is 0 Å². The van der Waals surface area contributed by atoms with Gasteiger partial charge in [0.15, 0.2) is 5.60 Å². The maximum Gasteiger partial charge on any atom is 0.184 e. The molecule has 0 aromatic heterocycles. The van der Waals surface area contributed by atoms with Gasteiger partial charge in [0.1, 0.15) is 0 Å². The minimum Gasteiger partial charge on any atom is -0.380 e. The first kappa shape index (κ1) is 11.4. The highest BCUT2D eigenvalue weighted by Crippen LogP contribution is 2.33. The van der Waals surface area contributed by atoms with Crippen LogP contribution in [0.3, 0.4) is 0 Å². The zero-order chi connectivity index (χ0) is 12.1. The molecule has 0 saturated heterocycles. The highest BCUT2D eigenvalue weighted by Gasteiger charge is 2.31. The first-order valence-corrected chi connectivity index (χ1v) is 5.52. The van der Waals surface area contributed by atoms with Crippen LogP contribution in [0.25, 0.3) is 0 Å². The minimum absolute atomic E-state index is 0.593. The summed E-state index contributed by atoms with van der Waals surface area (Å²) in [5.74, 6) is 0. The first-order chi connectivity index (χ1) is 8.27. The topological polar surface area (TPSA) is 21.6 Å². The average Bonchev–Trinajstić information content (AvgIpc) is 2.41. The van der Waals surface area contributed by atoms with Gasteiger partial charge in [-0.05, 0) is 6.92 Å². The van der Waals surface area contributed by atoms with Gasteiger partial charge in [0.2, 0.25) is 0 Å². The largest absolute Gasteiger partial charge is 0.380 e. The van der Waals surface area contributed by atoms with E-state index >= 15 is 0 Å². The molecule has 0 aliphatic rings. The van der Waals surface area contributed by atoms with Crippen LogP contribution in [0.15, 0.2) is 65.8 Å². The summed E-state index contributed by atoms with van der Waals surface area (Å²) in [4.78, 5) is 5.52. The molecule has 0 N–H and O–H groups in total. The molecular weight excluding hydrogens is 210 g/mol. The third-order valence-electron chi connectivity index (χ3n) is 2.90. The Bertz CT molecular complexity index is 439. The fourth-order valence-electron chi connectivity index (χ4n) is 1.91. The quantitative estimate of drug-likeness (QED) is 0.575. The van der Waals surface area contributed by atoms with E-state index in [0.717, 1.165) is 11.1 Å². The summed E-state index contributed by atoms with van der Waals surface area (Å²) in [6, 6.07) is 20.0. The fourth-order valence-corrected chi connectivity index (χ4v) is 1.91. The Labute approximate surface area is 102 Å². The van der Waals surface area contributed by atoms with Crippen molar-refractivity contribution in [3.05, 3.63) is 71.8 Å². The molecule has 86 valence electrons. The highest BCUT2D eigenvalue weighted by molar-refractivity contribution is 5.35. The molecule has 0 fully saturated rings. The molecule has 0 bridgehead atoms. The zero-order valence-electron chi connectivity index (χ0n) is 9.84. The van der Waals surface area contributed by atoms with Crippen LogP contribution >= 0.6 is 0 Å². The SMILES string of the molecule is C=NOC(C)(c1ccccc1)c1ccccc1. The van der Waals surface area contributed by atoms with Crippen molar-refractivity contribution in [3.8, 4) is 0 Å². The summed E-state index contributed by atoms with van der Waals surface area (Å²) in [5, 5.41) is 3.61. The van der Waals surface area contributed by atoms with Crippen molar-refractivity contribution in [2.45, 2.75) is 12.5 Å². The van der Waals surface area contributed by atoms with Gasteiger partial charge in [-0.15, -0.1) is 5.16 Å². The van der Waals surface area contributed by atoms with E-state index in [1.165, 1.54) is 0 Å². The molecule has 0 atom stereocenters. The van der Waals surface area contributed by atoms with Crippen LogP contribution in [0.2, 0.25) is 0 Å². The Hall–Kier alpha value is -2.09. The predicted octanol–water partition coefficient (Wildman–Crippen LogP) is 3.58. The van der Waals surface area contributed by atoms with Gasteiger partial charge in [-0.25, -0.2) is 0 Å². The van der Waals surface area contributed by atoms with Gasteiger partial charge >= 0.3 is 0 Å². The van der Waals surface area contributed by atoms with E-state index in [0.29, 0.717) is 0 Å². The van der Waals surface area contributed by atoms with Gasteiger partial charge in [0.05, 0.1) is 0 Å². The van der Waals surface area contributed by atoms with Crippen LogP contribution in [0.1, 0.15) is 18.1 Å². The summed E-state index contributed by atoms with van der Waals surface area (Å²) < 4.78 is 0. The Kier molecular flexibility index (Phi) is 3.24. The summed E-state index contributed by atoms with van der Waals surface area (Å²) in [5.41, 5.74) is 1.52. The van der Waals surface area contributed by atoms with Crippen molar-refractivity contribution in [3.63, 3.8) is 0 Å². The Balaban J connectivity index is 2.50. The smallest absolute Gasteiger partial charge is 0.184 e. The van der Waals surface area contributed by atoms with Crippen LogP contribution in [0, 0.1) is 0 Å². The maximum atomic E-state index is 5.52. The number of nitrogens with zero attached hydrogens (tertiary/aromatic N) is 1. The molecule has 0 spiro atoms. The number of hydrogen-bond acceptors (Lipinski definition) is 2. The Morgan fingerprint density at radius 2 is 1.29 bits per heavy atom. The third-order valence-corrected chi connectivity index (χ3v) is 2.90. The van der Waals surface area contributed by atoms with Gasteiger partial charge in [-0.1, -0.05) is 60.7 Å². The molecule has 2 rings (SSSR count). The summed E-state index contributed by atoms with van der Waals surface area (Å²) in [6.07, 6.45) is 0. The first-order valence-electron chi connectivity index (χ1n) is 5.52. The maximum absolute atomic E-state index is 5.52. The number of hydrogen-bond donors (Lipinski definition) is 0. The lowest BCUT2D eigenvalue weighted by Gasteiger charge is -2.28. The molecular formula is C15H15NO. The summed E-state index contributed by atoms with van der Waals surface area (Å²) >= 11 is 0. The van der Waals surface area contributed by atoms with Crippen LogP contribution in [0.5, 0.6) is 0 Å². The molecule has 2 aromatic carbocycles. The average molecular weight is 225 g/mol. The lowest BCUT2D eigenvalue weighted by atomic mass is 9.88.